The van der Waals surface area contributed by atoms with Gasteiger partial charge in [-0.05, 0) is 72.4 Å². The van der Waals surface area contributed by atoms with E-state index in [1.54, 1.807) is 4.90 Å². The molecule has 0 fully saturated rings. The first kappa shape index (κ1) is 28.3. The molecule has 3 rings (SSSR count). The van der Waals surface area contributed by atoms with Gasteiger partial charge in [-0.15, -0.1) is 0 Å². The molecule has 0 saturated carbocycles. The molecule has 0 aromatic heterocycles. The number of esters is 1. The van der Waals surface area contributed by atoms with E-state index in [1.165, 1.54) is 12.7 Å². The summed E-state index contributed by atoms with van der Waals surface area (Å²) in [4.78, 5) is 25.7. The van der Waals surface area contributed by atoms with Gasteiger partial charge in [-0.25, -0.2) is 0 Å². The molecular formula is C30H34BrNO5. The van der Waals surface area contributed by atoms with Crippen molar-refractivity contribution >= 4 is 27.8 Å². The Morgan fingerprint density at radius 3 is 1.73 bits per heavy atom. The Kier molecular flexibility index (Phi) is 11.5. The van der Waals surface area contributed by atoms with E-state index < -0.39 is 0 Å². The number of ether oxygens (including phenoxy) is 3. The molecule has 1 amide bonds. The van der Waals surface area contributed by atoms with Crippen molar-refractivity contribution in [2.75, 3.05) is 33.9 Å². The molecule has 0 atom stereocenters. The first-order chi connectivity index (χ1) is 17.9. The normalized spacial score (nSPS) is 10.6. The molecule has 0 heterocycles. The van der Waals surface area contributed by atoms with Crippen LogP contribution in [0.4, 0.5) is 0 Å². The monoisotopic (exact) mass is 567 g/mol. The largest absolute Gasteiger partial charge is 0.494 e. The number of amides is 1. The zero-order valence-electron chi connectivity index (χ0n) is 21.5. The summed E-state index contributed by atoms with van der Waals surface area (Å²) in [6.07, 6.45) is 3.19. The standard InChI is InChI=1S/C30H34BrNO5/c1-32(18-17-23-5-11-26(31)12-6-23)29(33)21-24-7-13-27(14-8-24)36-19-3-4-20-37-28-15-9-25(10-16-28)22-30(34)35-2/h5-16H,3-4,17-22H2,1-2H3. The van der Waals surface area contributed by atoms with E-state index in [0.717, 1.165) is 46.4 Å². The molecule has 37 heavy (non-hydrogen) atoms. The third-order valence-corrected chi connectivity index (χ3v) is 6.46. The number of carbonyl (C=O) groups is 2. The lowest BCUT2D eigenvalue weighted by atomic mass is 10.1. The van der Waals surface area contributed by atoms with Gasteiger partial charge in [0.2, 0.25) is 5.91 Å². The number of hydrogen-bond donors (Lipinski definition) is 0. The molecule has 0 radical (unpaired) electrons. The van der Waals surface area contributed by atoms with Crippen molar-refractivity contribution < 1.29 is 23.8 Å². The Bertz CT molecular complexity index is 1110. The molecule has 0 aliphatic carbocycles. The molecule has 0 aliphatic rings. The average molecular weight is 569 g/mol. The van der Waals surface area contributed by atoms with Crippen LogP contribution in [0, 0.1) is 0 Å². The van der Waals surface area contributed by atoms with Crippen LogP contribution in [0.5, 0.6) is 11.5 Å². The first-order valence-corrected chi connectivity index (χ1v) is 13.2. The Morgan fingerprint density at radius 2 is 1.22 bits per heavy atom. The second-order valence-corrected chi connectivity index (χ2v) is 9.73. The summed E-state index contributed by atoms with van der Waals surface area (Å²) in [6.45, 7) is 1.88. The molecule has 0 aliphatic heterocycles. The minimum absolute atomic E-state index is 0.101. The summed E-state index contributed by atoms with van der Waals surface area (Å²) in [6, 6.07) is 23.4. The maximum atomic E-state index is 12.6. The summed E-state index contributed by atoms with van der Waals surface area (Å²) in [7, 11) is 3.23. The molecule has 0 spiro atoms. The third kappa shape index (κ3) is 10.3. The van der Waals surface area contributed by atoms with Crippen LogP contribution in [0.3, 0.4) is 0 Å². The van der Waals surface area contributed by atoms with Crippen molar-refractivity contribution in [2.45, 2.75) is 32.1 Å². The van der Waals surface area contributed by atoms with Gasteiger partial charge in [0.1, 0.15) is 11.5 Å². The second kappa shape index (κ2) is 15.1. The Balaban J connectivity index is 1.29. The lowest BCUT2D eigenvalue weighted by Crippen LogP contribution is -2.30. The van der Waals surface area contributed by atoms with Crippen molar-refractivity contribution in [3.8, 4) is 11.5 Å². The topological polar surface area (TPSA) is 65.1 Å². The summed E-state index contributed by atoms with van der Waals surface area (Å²) in [5.41, 5.74) is 3.08. The number of methoxy groups -OCH3 is 1. The number of likely N-dealkylation sites (N-methyl/N-ethyl adjacent to an activating group) is 1. The first-order valence-electron chi connectivity index (χ1n) is 12.4. The van der Waals surface area contributed by atoms with Crippen molar-refractivity contribution in [2.24, 2.45) is 0 Å². The van der Waals surface area contributed by atoms with Gasteiger partial charge >= 0.3 is 5.97 Å². The molecule has 6 nitrogen and oxygen atoms in total. The molecular weight excluding hydrogens is 534 g/mol. The number of hydrogen-bond acceptors (Lipinski definition) is 5. The fourth-order valence-corrected chi connectivity index (χ4v) is 3.88. The highest BCUT2D eigenvalue weighted by Gasteiger charge is 2.10. The van der Waals surface area contributed by atoms with E-state index in [-0.39, 0.29) is 18.3 Å². The molecule has 3 aromatic rings. The summed E-state index contributed by atoms with van der Waals surface area (Å²) in [5, 5.41) is 0. The van der Waals surface area contributed by atoms with E-state index in [9.17, 15) is 9.59 Å². The zero-order valence-corrected chi connectivity index (χ0v) is 23.0. The number of rotatable bonds is 14. The van der Waals surface area contributed by atoms with Crippen LogP contribution in [-0.4, -0.2) is 50.7 Å². The van der Waals surface area contributed by atoms with E-state index in [1.807, 2.05) is 67.7 Å². The molecule has 0 N–H and O–H groups in total. The Labute approximate surface area is 227 Å². The number of halogens is 1. The fraction of sp³-hybridized carbons (Fsp3) is 0.333. The molecule has 3 aromatic carbocycles. The quantitative estimate of drug-likeness (QED) is 0.186. The Morgan fingerprint density at radius 1 is 0.730 bits per heavy atom. The molecule has 0 saturated heterocycles. The predicted octanol–water partition coefficient (Wildman–Crippen LogP) is 5.65. The van der Waals surface area contributed by atoms with Crippen LogP contribution >= 0.6 is 15.9 Å². The van der Waals surface area contributed by atoms with Crippen molar-refractivity contribution in [3.05, 3.63) is 94.0 Å². The SMILES string of the molecule is COC(=O)Cc1ccc(OCCCCOc2ccc(CC(=O)N(C)CCc3ccc(Br)cc3)cc2)cc1. The number of nitrogens with zero attached hydrogens (tertiary/aromatic N) is 1. The number of benzene rings is 3. The minimum atomic E-state index is -0.257. The van der Waals surface area contributed by atoms with Crippen molar-refractivity contribution in [3.63, 3.8) is 0 Å². The van der Waals surface area contributed by atoms with Gasteiger partial charge in [-0.1, -0.05) is 52.3 Å². The van der Waals surface area contributed by atoms with Crippen molar-refractivity contribution in [1.29, 1.82) is 0 Å². The van der Waals surface area contributed by atoms with Gasteiger partial charge in [0.15, 0.2) is 0 Å². The smallest absolute Gasteiger partial charge is 0.309 e. The van der Waals surface area contributed by atoms with E-state index >= 15 is 0 Å². The van der Waals surface area contributed by atoms with Crippen LogP contribution in [0.15, 0.2) is 77.3 Å². The van der Waals surface area contributed by atoms with E-state index in [2.05, 4.69) is 32.8 Å². The third-order valence-electron chi connectivity index (χ3n) is 5.93. The summed E-state index contributed by atoms with van der Waals surface area (Å²) in [5.74, 6) is 1.41. The van der Waals surface area contributed by atoms with Crippen LogP contribution < -0.4 is 9.47 Å². The number of unbranched alkanes of at least 4 members (excludes halogenated alkanes) is 1. The summed E-state index contributed by atoms with van der Waals surface area (Å²) >= 11 is 3.44. The molecule has 7 heteroatoms. The van der Waals surface area contributed by atoms with E-state index in [0.29, 0.717) is 26.2 Å². The average Bonchev–Trinajstić information content (AvgIpc) is 2.91. The van der Waals surface area contributed by atoms with Gasteiger partial charge in [0, 0.05) is 18.1 Å². The Hall–Kier alpha value is -3.32. The van der Waals surface area contributed by atoms with Crippen LogP contribution in [0.1, 0.15) is 29.5 Å². The van der Waals surface area contributed by atoms with Crippen LogP contribution in [0.2, 0.25) is 0 Å². The van der Waals surface area contributed by atoms with Gasteiger partial charge < -0.3 is 19.1 Å². The molecule has 0 unspecified atom stereocenters. The molecule has 196 valence electrons. The van der Waals surface area contributed by atoms with Gasteiger partial charge in [-0.3, -0.25) is 9.59 Å². The highest BCUT2D eigenvalue weighted by molar-refractivity contribution is 9.10. The zero-order chi connectivity index (χ0) is 26.5. The minimum Gasteiger partial charge on any atom is -0.494 e. The van der Waals surface area contributed by atoms with Crippen LogP contribution in [0.25, 0.3) is 0 Å². The van der Waals surface area contributed by atoms with Gasteiger partial charge in [-0.2, -0.15) is 0 Å². The number of carbonyl (C=O) groups excluding carboxylic acids is 2. The fourth-order valence-electron chi connectivity index (χ4n) is 3.61. The highest BCUT2D eigenvalue weighted by Crippen LogP contribution is 2.16. The maximum Gasteiger partial charge on any atom is 0.309 e. The van der Waals surface area contributed by atoms with Crippen molar-refractivity contribution in [1.82, 2.24) is 4.90 Å². The van der Waals surface area contributed by atoms with Crippen LogP contribution in [-0.2, 0) is 33.6 Å². The second-order valence-electron chi connectivity index (χ2n) is 8.81. The lowest BCUT2D eigenvalue weighted by molar-refractivity contribution is -0.139. The molecule has 0 bridgehead atoms. The van der Waals surface area contributed by atoms with Gasteiger partial charge in [0.05, 0.1) is 33.2 Å². The summed E-state index contributed by atoms with van der Waals surface area (Å²) < 4.78 is 17.3. The highest BCUT2D eigenvalue weighted by atomic mass is 79.9. The van der Waals surface area contributed by atoms with E-state index in [4.69, 9.17) is 9.47 Å². The predicted molar refractivity (Wildman–Crippen MR) is 148 cm³/mol. The lowest BCUT2D eigenvalue weighted by Gasteiger charge is -2.17. The van der Waals surface area contributed by atoms with Gasteiger partial charge in [0.25, 0.3) is 0 Å². The maximum absolute atomic E-state index is 12.6.